The molecular formula is C21H18FNOS2. The number of thiocarbonyl (C=S) groups is 1. The predicted molar refractivity (Wildman–Crippen MR) is 109 cm³/mol. The Bertz CT molecular complexity index is 868. The first-order valence-corrected chi connectivity index (χ1v) is 9.97. The first-order chi connectivity index (χ1) is 12.6. The van der Waals surface area contributed by atoms with Crippen LogP contribution in [0, 0.1) is 5.82 Å². The summed E-state index contributed by atoms with van der Waals surface area (Å²) in [6, 6.07) is 14.6. The number of carbonyl (C=O) groups is 1. The number of benzene rings is 2. The molecule has 132 valence electrons. The van der Waals surface area contributed by atoms with E-state index in [4.69, 9.17) is 12.2 Å². The third-order valence-corrected chi connectivity index (χ3v) is 6.23. The normalized spacial score (nSPS) is 19.7. The molecule has 26 heavy (non-hydrogen) atoms. The third kappa shape index (κ3) is 3.46. The average Bonchev–Trinajstić information content (AvgIpc) is 3.25. The van der Waals surface area contributed by atoms with Crippen LogP contribution in [0.25, 0.3) is 17.2 Å². The first kappa shape index (κ1) is 17.4. The lowest BCUT2D eigenvalue weighted by Crippen LogP contribution is -2.36. The fourth-order valence-corrected chi connectivity index (χ4v) is 4.92. The lowest BCUT2D eigenvalue weighted by Gasteiger charge is -2.21. The Labute approximate surface area is 162 Å². The molecule has 0 radical (unpaired) electrons. The molecule has 2 fully saturated rings. The van der Waals surface area contributed by atoms with Crippen molar-refractivity contribution in [1.29, 1.82) is 0 Å². The fourth-order valence-electron chi connectivity index (χ4n) is 3.52. The van der Waals surface area contributed by atoms with E-state index in [9.17, 15) is 9.18 Å². The van der Waals surface area contributed by atoms with Crippen LogP contribution >= 0.6 is 24.0 Å². The zero-order valence-electron chi connectivity index (χ0n) is 14.2. The van der Waals surface area contributed by atoms with E-state index in [2.05, 4.69) is 0 Å². The van der Waals surface area contributed by atoms with E-state index in [-0.39, 0.29) is 17.8 Å². The van der Waals surface area contributed by atoms with Crippen LogP contribution in [0.3, 0.4) is 0 Å². The molecule has 1 aliphatic carbocycles. The summed E-state index contributed by atoms with van der Waals surface area (Å²) in [5, 5.41) is 0. The Balaban J connectivity index is 1.54. The SMILES string of the molecule is O=C1C(=Cc2ccc(-c3ccc(F)cc3)cc2)SC(=S)N1C1CCCC1. The Morgan fingerprint density at radius 2 is 1.58 bits per heavy atom. The molecule has 2 aromatic rings. The van der Waals surface area contributed by atoms with Crippen LogP contribution in [0.15, 0.2) is 53.4 Å². The minimum Gasteiger partial charge on any atom is -0.290 e. The van der Waals surface area contributed by atoms with Gasteiger partial charge in [0, 0.05) is 6.04 Å². The van der Waals surface area contributed by atoms with Gasteiger partial charge in [0.2, 0.25) is 0 Å². The number of thioether (sulfide) groups is 1. The Hall–Kier alpha value is -1.98. The van der Waals surface area contributed by atoms with E-state index < -0.39 is 0 Å². The maximum absolute atomic E-state index is 13.0. The zero-order valence-corrected chi connectivity index (χ0v) is 15.8. The van der Waals surface area contributed by atoms with Gasteiger partial charge in [-0.2, -0.15) is 0 Å². The summed E-state index contributed by atoms with van der Waals surface area (Å²) in [5.41, 5.74) is 2.94. The van der Waals surface area contributed by atoms with Gasteiger partial charge in [0.15, 0.2) is 0 Å². The van der Waals surface area contributed by atoms with E-state index in [1.165, 1.54) is 36.7 Å². The topological polar surface area (TPSA) is 20.3 Å². The lowest BCUT2D eigenvalue weighted by atomic mass is 10.0. The summed E-state index contributed by atoms with van der Waals surface area (Å²) < 4.78 is 13.7. The number of amides is 1. The minimum absolute atomic E-state index is 0.0366. The highest BCUT2D eigenvalue weighted by Crippen LogP contribution is 2.37. The molecule has 1 saturated heterocycles. The number of carbonyl (C=O) groups excluding carboxylic acids is 1. The van der Waals surface area contributed by atoms with Crippen molar-refractivity contribution in [1.82, 2.24) is 4.90 Å². The fraction of sp³-hybridized carbons (Fsp3) is 0.238. The number of hydrogen-bond acceptors (Lipinski definition) is 3. The van der Waals surface area contributed by atoms with Gasteiger partial charge in [0.05, 0.1) is 4.91 Å². The summed E-state index contributed by atoms with van der Waals surface area (Å²) in [5.74, 6) is -0.204. The maximum Gasteiger partial charge on any atom is 0.266 e. The predicted octanol–water partition coefficient (Wildman–Crippen LogP) is 5.64. The van der Waals surface area contributed by atoms with Crippen molar-refractivity contribution in [2.75, 3.05) is 0 Å². The average molecular weight is 384 g/mol. The van der Waals surface area contributed by atoms with Crippen LogP contribution < -0.4 is 0 Å². The van der Waals surface area contributed by atoms with Gasteiger partial charge in [-0.1, -0.05) is 73.2 Å². The van der Waals surface area contributed by atoms with Crippen molar-refractivity contribution in [2.24, 2.45) is 0 Å². The molecule has 1 aliphatic heterocycles. The van der Waals surface area contributed by atoms with Crippen molar-refractivity contribution in [3.8, 4) is 11.1 Å². The van der Waals surface area contributed by atoms with Gasteiger partial charge in [0.1, 0.15) is 10.1 Å². The molecule has 2 nitrogen and oxygen atoms in total. The Kier molecular flexibility index (Phi) is 4.92. The summed E-state index contributed by atoms with van der Waals surface area (Å²) in [4.78, 5) is 15.2. The van der Waals surface area contributed by atoms with Gasteiger partial charge >= 0.3 is 0 Å². The van der Waals surface area contributed by atoms with Gasteiger partial charge in [-0.15, -0.1) is 0 Å². The molecule has 0 spiro atoms. The molecule has 1 amide bonds. The van der Waals surface area contributed by atoms with Crippen LogP contribution in [0.4, 0.5) is 4.39 Å². The van der Waals surface area contributed by atoms with Crippen LogP contribution in [-0.4, -0.2) is 21.2 Å². The smallest absolute Gasteiger partial charge is 0.266 e. The molecule has 2 aliphatic rings. The molecular weight excluding hydrogens is 365 g/mol. The number of halogens is 1. The van der Waals surface area contributed by atoms with Crippen LogP contribution in [0.2, 0.25) is 0 Å². The molecule has 0 N–H and O–H groups in total. The Morgan fingerprint density at radius 1 is 1.00 bits per heavy atom. The van der Waals surface area contributed by atoms with Gasteiger partial charge in [-0.25, -0.2) is 4.39 Å². The molecule has 0 bridgehead atoms. The van der Waals surface area contributed by atoms with E-state index in [0.29, 0.717) is 9.23 Å². The highest BCUT2D eigenvalue weighted by atomic mass is 32.2. The maximum atomic E-state index is 13.0. The molecule has 1 heterocycles. The molecule has 4 rings (SSSR count). The van der Waals surface area contributed by atoms with Gasteiger partial charge in [-0.3, -0.25) is 9.69 Å². The molecule has 0 aromatic heterocycles. The van der Waals surface area contributed by atoms with E-state index in [1.807, 2.05) is 35.2 Å². The molecule has 2 aromatic carbocycles. The second kappa shape index (κ2) is 7.33. The molecule has 0 atom stereocenters. The number of hydrogen-bond donors (Lipinski definition) is 0. The highest BCUT2D eigenvalue weighted by molar-refractivity contribution is 8.26. The summed E-state index contributed by atoms with van der Waals surface area (Å²) in [6.45, 7) is 0. The minimum atomic E-state index is -0.241. The van der Waals surface area contributed by atoms with Crippen LogP contribution in [0.1, 0.15) is 31.2 Å². The zero-order chi connectivity index (χ0) is 18.1. The second-order valence-corrected chi connectivity index (χ2v) is 8.29. The van der Waals surface area contributed by atoms with Gasteiger partial charge in [0.25, 0.3) is 5.91 Å². The molecule has 1 saturated carbocycles. The standard InChI is InChI=1S/C21H18FNOS2/c22-17-11-9-16(10-12-17)15-7-5-14(6-8-15)13-19-20(24)23(21(25)26-19)18-3-1-2-4-18/h5-13,18H,1-4H2. The van der Waals surface area contributed by atoms with Crippen molar-refractivity contribution in [2.45, 2.75) is 31.7 Å². The second-order valence-electron chi connectivity index (χ2n) is 6.62. The Morgan fingerprint density at radius 3 is 2.19 bits per heavy atom. The van der Waals surface area contributed by atoms with Crippen LogP contribution in [0.5, 0.6) is 0 Å². The largest absolute Gasteiger partial charge is 0.290 e. The molecule has 5 heteroatoms. The van der Waals surface area contributed by atoms with Crippen molar-refractivity contribution in [3.05, 3.63) is 64.8 Å². The summed E-state index contributed by atoms with van der Waals surface area (Å²) in [6.07, 6.45) is 6.35. The lowest BCUT2D eigenvalue weighted by molar-refractivity contribution is -0.123. The van der Waals surface area contributed by atoms with Crippen molar-refractivity contribution >= 4 is 40.3 Å². The monoisotopic (exact) mass is 383 g/mol. The van der Waals surface area contributed by atoms with Gasteiger partial charge in [-0.05, 0) is 47.7 Å². The van der Waals surface area contributed by atoms with E-state index in [0.717, 1.165) is 29.5 Å². The van der Waals surface area contributed by atoms with Gasteiger partial charge < -0.3 is 0 Å². The quantitative estimate of drug-likeness (QED) is 0.506. The highest BCUT2D eigenvalue weighted by Gasteiger charge is 2.37. The summed E-state index contributed by atoms with van der Waals surface area (Å²) in [7, 11) is 0. The van der Waals surface area contributed by atoms with E-state index in [1.54, 1.807) is 12.1 Å². The number of nitrogens with zero attached hydrogens (tertiary/aromatic N) is 1. The first-order valence-electron chi connectivity index (χ1n) is 8.75. The van der Waals surface area contributed by atoms with Crippen molar-refractivity contribution < 1.29 is 9.18 Å². The van der Waals surface area contributed by atoms with Crippen molar-refractivity contribution in [3.63, 3.8) is 0 Å². The third-order valence-electron chi connectivity index (χ3n) is 4.90. The van der Waals surface area contributed by atoms with E-state index >= 15 is 0 Å². The van der Waals surface area contributed by atoms with Crippen LogP contribution in [-0.2, 0) is 4.79 Å². The summed E-state index contributed by atoms with van der Waals surface area (Å²) >= 11 is 6.83. The molecule has 0 unspecified atom stereocenters. The number of rotatable bonds is 3.